The van der Waals surface area contributed by atoms with Crippen molar-refractivity contribution in [2.24, 2.45) is 5.92 Å². The fraction of sp³-hybridized carbons (Fsp3) is 0.900. The summed E-state index contributed by atoms with van der Waals surface area (Å²) in [6.07, 6.45) is 1.16. The van der Waals surface area contributed by atoms with E-state index in [1.54, 1.807) is 0 Å². The molecule has 0 amide bonds. The topological polar surface area (TPSA) is 46.5 Å². The Labute approximate surface area is 89.2 Å². The molecule has 2 atom stereocenters. The number of carboxylic acids is 1. The predicted molar refractivity (Wildman–Crippen MR) is 57.7 cm³/mol. The van der Waals surface area contributed by atoms with Crippen LogP contribution in [0, 0.1) is 5.92 Å². The molecule has 0 aromatic carbocycles. The van der Waals surface area contributed by atoms with Gasteiger partial charge in [0.2, 0.25) is 0 Å². The molecule has 3 nitrogen and oxygen atoms in total. The fourth-order valence-electron chi connectivity index (χ4n) is 1.45. The molecule has 0 aliphatic carbocycles. The van der Waals surface area contributed by atoms with Crippen molar-refractivity contribution in [3.8, 4) is 0 Å². The summed E-state index contributed by atoms with van der Waals surface area (Å²) in [7, 11) is 0. The van der Waals surface area contributed by atoms with Crippen LogP contribution in [0.3, 0.4) is 0 Å². The average Bonchev–Trinajstić information content (AvgIpc) is 2.52. The molecule has 4 heteroatoms. The molecule has 1 heterocycles. The Hall–Kier alpha value is -0.220. The van der Waals surface area contributed by atoms with Gasteiger partial charge < -0.3 is 9.84 Å². The highest BCUT2D eigenvalue weighted by atomic mass is 32.2. The number of hydrogen-bond acceptors (Lipinski definition) is 3. The van der Waals surface area contributed by atoms with E-state index in [2.05, 4.69) is 13.8 Å². The molecule has 0 aromatic rings. The fourth-order valence-corrected chi connectivity index (χ4v) is 2.56. The Balaban J connectivity index is 2.13. The van der Waals surface area contributed by atoms with Gasteiger partial charge >= 0.3 is 5.97 Å². The third-order valence-electron chi connectivity index (χ3n) is 2.14. The molecule has 1 saturated heterocycles. The van der Waals surface area contributed by atoms with Gasteiger partial charge in [-0.1, -0.05) is 13.8 Å². The zero-order valence-electron chi connectivity index (χ0n) is 8.73. The van der Waals surface area contributed by atoms with Crippen LogP contribution in [0.5, 0.6) is 0 Å². The summed E-state index contributed by atoms with van der Waals surface area (Å²) in [5, 5.41) is 8.71. The highest BCUT2D eigenvalue weighted by molar-refractivity contribution is 7.99. The quantitative estimate of drug-likeness (QED) is 0.766. The zero-order chi connectivity index (χ0) is 10.6. The average molecular weight is 218 g/mol. The van der Waals surface area contributed by atoms with Crippen LogP contribution in [0.1, 0.15) is 26.7 Å². The van der Waals surface area contributed by atoms with Crippen LogP contribution in [0.15, 0.2) is 0 Å². The second kappa shape index (κ2) is 5.61. The van der Waals surface area contributed by atoms with Crippen LogP contribution in [-0.4, -0.2) is 34.8 Å². The zero-order valence-corrected chi connectivity index (χ0v) is 9.55. The lowest BCUT2D eigenvalue weighted by atomic mass is 10.2. The van der Waals surface area contributed by atoms with Gasteiger partial charge in [0.25, 0.3) is 0 Å². The Morgan fingerprint density at radius 3 is 2.79 bits per heavy atom. The third kappa shape index (κ3) is 3.88. The second-order valence-electron chi connectivity index (χ2n) is 4.09. The summed E-state index contributed by atoms with van der Waals surface area (Å²) in [6.45, 7) is 4.37. The van der Waals surface area contributed by atoms with E-state index in [1.165, 1.54) is 0 Å². The van der Waals surface area contributed by atoms with E-state index >= 15 is 0 Å². The number of hydrogen-bond donors (Lipinski definition) is 1. The Morgan fingerprint density at radius 2 is 2.29 bits per heavy atom. The van der Waals surface area contributed by atoms with E-state index in [0.717, 1.165) is 17.9 Å². The molecule has 1 aliphatic rings. The molecule has 0 saturated carbocycles. The van der Waals surface area contributed by atoms with Gasteiger partial charge in [-0.3, -0.25) is 0 Å². The summed E-state index contributed by atoms with van der Waals surface area (Å²) in [4.78, 5) is 10.6. The summed E-state index contributed by atoms with van der Waals surface area (Å²) in [6, 6.07) is 0. The minimum atomic E-state index is -0.818. The molecule has 2 unspecified atom stereocenters. The number of aliphatic carboxylic acids is 1. The molecule has 0 aromatic heterocycles. The molecular weight excluding hydrogens is 200 g/mol. The lowest BCUT2D eigenvalue weighted by Gasteiger charge is -2.11. The molecule has 1 aliphatic heterocycles. The van der Waals surface area contributed by atoms with Crippen LogP contribution in [0.4, 0.5) is 0 Å². The van der Waals surface area contributed by atoms with Crippen molar-refractivity contribution in [2.75, 3.05) is 11.5 Å². The van der Waals surface area contributed by atoms with Crippen molar-refractivity contribution in [3.63, 3.8) is 0 Å². The maximum absolute atomic E-state index is 10.6. The van der Waals surface area contributed by atoms with Gasteiger partial charge in [0, 0.05) is 5.75 Å². The lowest BCUT2D eigenvalue weighted by Crippen LogP contribution is -2.21. The van der Waals surface area contributed by atoms with Crippen molar-refractivity contribution in [2.45, 2.75) is 38.9 Å². The van der Waals surface area contributed by atoms with Crippen LogP contribution in [0.2, 0.25) is 0 Å². The molecule has 0 spiro atoms. The first kappa shape index (κ1) is 11.9. The van der Waals surface area contributed by atoms with Crippen molar-refractivity contribution in [1.29, 1.82) is 0 Å². The molecule has 0 bridgehead atoms. The van der Waals surface area contributed by atoms with E-state index in [9.17, 15) is 4.79 Å². The molecule has 14 heavy (non-hydrogen) atoms. The number of thioether (sulfide) groups is 1. The molecule has 0 radical (unpaired) electrons. The molecule has 1 rings (SSSR count). The lowest BCUT2D eigenvalue weighted by molar-refractivity contribution is -0.148. The molecule has 82 valence electrons. The van der Waals surface area contributed by atoms with E-state index in [4.69, 9.17) is 9.84 Å². The number of carbonyl (C=O) groups is 1. The van der Waals surface area contributed by atoms with Crippen molar-refractivity contribution < 1.29 is 14.6 Å². The first-order valence-corrected chi connectivity index (χ1v) is 6.21. The van der Waals surface area contributed by atoms with Gasteiger partial charge in [-0.2, -0.15) is 11.8 Å². The summed E-state index contributed by atoms with van der Waals surface area (Å²) in [5.41, 5.74) is 0. The van der Waals surface area contributed by atoms with Gasteiger partial charge in [0.15, 0.2) is 6.10 Å². The van der Waals surface area contributed by atoms with Crippen LogP contribution >= 0.6 is 11.8 Å². The standard InChI is InChI=1S/C10H18O3S/c1-7(2)5-14-6-8-3-4-9(13-8)10(11)12/h7-9H,3-6H2,1-2H3,(H,11,12). The molecule has 1 fully saturated rings. The van der Waals surface area contributed by atoms with Gasteiger partial charge in [-0.05, 0) is 24.5 Å². The Morgan fingerprint density at radius 1 is 1.57 bits per heavy atom. The summed E-state index contributed by atoms with van der Waals surface area (Å²) < 4.78 is 5.38. The Kier molecular flexibility index (Phi) is 4.75. The first-order valence-electron chi connectivity index (χ1n) is 5.05. The van der Waals surface area contributed by atoms with Gasteiger partial charge in [-0.25, -0.2) is 4.79 Å². The molecule has 1 N–H and O–H groups in total. The number of ether oxygens (including phenoxy) is 1. The highest BCUT2D eigenvalue weighted by Gasteiger charge is 2.30. The van der Waals surface area contributed by atoms with E-state index in [0.29, 0.717) is 12.3 Å². The number of rotatable bonds is 5. The van der Waals surface area contributed by atoms with E-state index < -0.39 is 12.1 Å². The van der Waals surface area contributed by atoms with Crippen molar-refractivity contribution in [1.82, 2.24) is 0 Å². The van der Waals surface area contributed by atoms with Crippen molar-refractivity contribution >= 4 is 17.7 Å². The maximum Gasteiger partial charge on any atom is 0.332 e. The SMILES string of the molecule is CC(C)CSCC1CCC(C(=O)O)O1. The minimum absolute atomic E-state index is 0.153. The maximum atomic E-state index is 10.6. The highest BCUT2D eigenvalue weighted by Crippen LogP contribution is 2.23. The minimum Gasteiger partial charge on any atom is -0.479 e. The third-order valence-corrected chi connectivity index (χ3v) is 3.65. The Bertz CT molecular complexity index is 194. The van der Waals surface area contributed by atoms with Gasteiger partial charge in [-0.15, -0.1) is 0 Å². The number of carboxylic acid groups (broad SMARTS) is 1. The second-order valence-corrected chi connectivity index (χ2v) is 5.17. The largest absolute Gasteiger partial charge is 0.479 e. The van der Waals surface area contributed by atoms with E-state index in [1.807, 2.05) is 11.8 Å². The normalized spacial score (nSPS) is 27.1. The molecular formula is C10H18O3S. The van der Waals surface area contributed by atoms with Crippen molar-refractivity contribution in [3.05, 3.63) is 0 Å². The first-order chi connectivity index (χ1) is 6.59. The van der Waals surface area contributed by atoms with Crippen LogP contribution < -0.4 is 0 Å². The summed E-state index contributed by atoms with van der Waals surface area (Å²) in [5.74, 6) is 1.93. The van der Waals surface area contributed by atoms with Gasteiger partial charge in [0.1, 0.15) is 0 Å². The smallest absolute Gasteiger partial charge is 0.332 e. The monoisotopic (exact) mass is 218 g/mol. The van der Waals surface area contributed by atoms with Gasteiger partial charge in [0.05, 0.1) is 6.10 Å². The summed E-state index contributed by atoms with van der Waals surface area (Å²) >= 11 is 1.85. The van der Waals surface area contributed by atoms with Crippen LogP contribution in [0.25, 0.3) is 0 Å². The van der Waals surface area contributed by atoms with Crippen LogP contribution in [-0.2, 0) is 9.53 Å². The van der Waals surface area contributed by atoms with E-state index in [-0.39, 0.29) is 6.10 Å². The predicted octanol–water partition coefficient (Wildman–Crippen LogP) is 2.01.